The summed E-state index contributed by atoms with van der Waals surface area (Å²) < 4.78 is 38.1. The first-order valence-corrected chi connectivity index (χ1v) is 13.6. The second kappa shape index (κ2) is 10.5. The van der Waals surface area contributed by atoms with Gasteiger partial charge in [0.1, 0.15) is 11.5 Å². The largest absolute Gasteiger partial charge is 0.490 e. The molecule has 4 aromatic heterocycles. The van der Waals surface area contributed by atoms with E-state index >= 15 is 0 Å². The Morgan fingerprint density at radius 1 is 1.05 bits per heavy atom. The van der Waals surface area contributed by atoms with Crippen molar-refractivity contribution in [1.82, 2.24) is 33.8 Å². The summed E-state index contributed by atoms with van der Waals surface area (Å²) in [6.45, 7) is 4.10. The van der Waals surface area contributed by atoms with Crippen LogP contribution in [-0.2, 0) is 16.1 Å². The number of nitrogens with zero attached hydrogens (tertiary/aromatic N) is 7. The molecule has 0 spiro atoms. The number of hydrogen-bond donors (Lipinski definition) is 1. The van der Waals surface area contributed by atoms with Crippen LogP contribution in [0.15, 0.2) is 54.7 Å². The Morgan fingerprint density at radius 2 is 1.79 bits per heavy atom. The van der Waals surface area contributed by atoms with Gasteiger partial charge in [0.2, 0.25) is 5.91 Å². The molecule has 218 valence electrons. The molecule has 14 heteroatoms. The molecular formula is C28H25ClF3N7O3. The highest BCUT2D eigenvalue weighted by molar-refractivity contribution is 6.30. The Bertz CT molecular complexity index is 1820. The highest BCUT2D eigenvalue weighted by Crippen LogP contribution is 2.35. The summed E-state index contributed by atoms with van der Waals surface area (Å²) in [6, 6.07) is 16.5. The quantitative estimate of drug-likeness (QED) is 0.305. The van der Waals surface area contributed by atoms with Gasteiger partial charge in [-0.05, 0) is 61.7 Å². The minimum atomic E-state index is -5.08. The summed E-state index contributed by atoms with van der Waals surface area (Å²) in [5.41, 5.74) is 5.97. The van der Waals surface area contributed by atoms with E-state index < -0.39 is 12.1 Å². The van der Waals surface area contributed by atoms with Gasteiger partial charge in [-0.15, -0.1) is 10.2 Å². The first-order chi connectivity index (χ1) is 20.0. The van der Waals surface area contributed by atoms with Gasteiger partial charge in [-0.1, -0.05) is 23.7 Å². The third kappa shape index (κ3) is 5.31. The van der Waals surface area contributed by atoms with Gasteiger partial charge in [0.25, 0.3) is 0 Å². The number of aromatic nitrogens is 6. The van der Waals surface area contributed by atoms with E-state index in [1.165, 1.54) is 0 Å². The Kier molecular flexibility index (Phi) is 6.92. The molecule has 0 radical (unpaired) electrons. The number of aliphatic carboxylic acids is 1. The van der Waals surface area contributed by atoms with Gasteiger partial charge in [-0.3, -0.25) is 13.9 Å². The van der Waals surface area contributed by atoms with Crippen molar-refractivity contribution in [2.45, 2.75) is 38.5 Å². The van der Waals surface area contributed by atoms with Crippen LogP contribution in [0.5, 0.6) is 0 Å². The predicted molar refractivity (Wildman–Crippen MR) is 147 cm³/mol. The van der Waals surface area contributed by atoms with Gasteiger partial charge in [0.15, 0.2) is 5.65 Å². The number of carboxylic acid groups (broad SMARTS) is 1. The fraction of sp³-hybridized carbons (Fsp3) is 0.321. The number of alkyl halides is 3. The zero-order valence-electron chi connectivity index (χ0n) is 22.3. The first-order valence-electron chi connectivity index (χ1n) is 13.2. The molecule has 5 aromatic rings. The lowest BCUT2D eigenvalue weighted by molar-refractivity contribution is -0.192. The van der Waals surface area contributed by atoms with Crippen LogP contribution in [0.1, 0.15) is 30.3 Å². The number of halogens is 4. The fourth-order valence-corrected chi connectivity index (χ4v) is 5.32. The molecule has 1 aliphatic carbocycles. The lowest BCUT2D eigenvalue weighted by atomic mass is 10.1. The van der Waals surface area contributed by atoms with E-state index in [2.05, 4.69) is 43.4 Å². The van der Waals surface area contributed by atoms with Crippen LogP contribution in [0, 0.1) is 12.8 Å². The molecule has 1 N–H and O–H groups in total. The van der Waals surface area contributed by atoms with E-state index in [0.717, 1.165) is 70.4 Å². The van der Waals surface area contributed by atoms with Crippen molar-refractivity contribution in [1.29, 1.82) is 0 Å². The number of aryl methyl sites for hydroxylation is 1. The maximum absolute atomic E-state index is 12.3. The Labute approximate surface area is 241 Å². The number of carbonyl (C=O) groups excluding carboxylic acids is 1. The molecule has 1 saturated heterocycles. The predicted octanol–water partition coefficient (Wildman–Crippen LogP) is 4.98. The van der Waals surface area contributed by atoms with Gasteiger partial charge < -0.3 is 14.6 Å². The van der Waals surface area contributed by atoms with Crippen molar-refractivity contribution in [2.75, 3.05) is 13.1 Å². The lowest BCUT2D eigenvalue weighted by Crippen LogP contribution is -2.51. The van der Waals surface area contributed by atoms with Gasteiger partial charge >= 0.3 is 12.1 Å². The SMILES string of the molecule is Cc1nnc2ccc3c(cc(-c4ccn(C5CN(C(=O)C6CC6)C5)n4)n3Cc3cccc(Cl)c3)n12.O=C(O)C(F)(F)F. The number of pyridine rings is 1. The van der Waals surface area contributed by atoms with Crippen LogP contribution < -0.4 is 0 Å². The number of fused-ring (bicyclic) bond motifs is 3. The van der Waals surface area contributed by atoms with Crippen LogP contribution in [0.3, 0.4) is 0 Å². The zero-order chi connectivity index (χ0) is 29.8. The van der Waals surface area contributed by atoms with Crippen LogP contribution in [0.4, 0.5) is 13.2 Å². The topological polar surface area (TPSA) is 111 Å². The Balaban J connectivity index is 0.000000405. The van der Waals surface area contributed by atoms with Crippen molar-refractivity contribution in [3.05, 3.63) is 71.1 Å². The maximum atomic E-state index is 12.3. The second-order valence-corrected chi connectivity index (χ2v) is 10.9. The third-order valence-electron chi connectivity index (χ3n) is 7.42. The molecule has 1 aromatic carbocycles. The number of carbonyl (C=O) groups is 2. The first kappa shape index (κ1) is 27.8. The third-order valence-corrected chi connectivity index (χ3v) is 7.65. The van der Waals surface area contributed by atoms with E-state index in [0.29, 0.717) is 12.5 Å². The van der Waals surface area contributed by atoms with E-state index in [-0.39, 0.29) is 12.0 Å². The van der Waals surface area contributed by atoms with E-state index in [1.807, 2.05) is 47.0 Å². The molecule has 0 unspecified atom stereocenters. The summed E-state index contributed by atoms with van der Waals surface area (Å²) in [6.07, 6.45) is -0.968. The number of likely N-dealkylation sites (tertiary alicyclic amines) is 1. The van der Waals surface area contributed by atoms with Gasteiger partial charge in [0, 0.05) is 36.8 Å². The van der Waals surface area contributed by atoms with Gasteiger partial charge in [-0.2, -0.15) is 18.3 Å². The molecule has 2 fully saturated rings. The highest BCUT2D eigenvalue weighted by atomic mass is 35.5. The zero-order valence-corrected chi connectivity index (χ0v) is 23.0. The number of amides is 1. The van der Waals surface area contributed by atoms with Crippen LogP contribution >= 0.6 is 11.6 Å². The van der Waals surface area contributed by atoms with Gasteiger partial charge in [-0.25, -0.2) is 4.79 Å². The smallest absolute Gasteiger partial charge is 0.475 e. The summed E-state index contributed by atoms with van der Waals surface area (Å²) >= 11 is 6.29. The molecule has 1 aliphatic heterocycles. The van der Waals surface area contributed by atoms with Crippen molar-refractivity contribution in [2.24, 2.45) is 5.92 Å². The number of benzene rings is 1. The van der Waals surface area contributed by atoms with E-state index in [9.17, 15) is 18.0 Å². The number of carboxylic acids is 1. The fourth-order valence-electron chi connectivity index (χ4n) is 5.11. The number of hydrogen-bond acceptors (Lipinski definition) is 5. The monoisotopic (exact) mass is 599 g/mol. The molecule has 42 heavy (non-hydrogen) atoms. The average Bonchev–Trinajstić information content (AvgIpc) is 3.38. The van der Waals surface area contributed by atoms with Crippen LogP contribution in [0.25, 0.3) is 28.1 Å². The standard InChI is InChI=1S/C26H24ClN7O.C2HF3O2/c1-16-28-29-25-8-7-22-24(34(16)25)12-23(32(22)13-17-3-2-4-19(27)11-17)21-9-10-33(30-21)20-14-31(15-20)26(35)18-5-6-18;3-2(4,5)1(6)7/h2-4,7-12,18,20H,5-6,13-15H2,1H3;(H,6,7). The van der Waals surface area contributed by atoms with Crippen LogP contribution in [0.2, 0.25) is 5.02 Å². The average molecular weight is 600 g/mol. The lowest BCUT2D eigenvalue weighted by Gasteiger charge is -2.39. The van der Waals surface area contributed by atoms with Crippen molar-refractivity contribution >= 4 is 40.2 Å². The summed E-state index contributed by atoms with van der Waals surface area (Å²) in [4.78, 5) is 23.2. The number of rotatable bonds is 5. The molecule has 1 saturated carbocycles. The van der Waals surface area contributed by atoms with Gasteiger partial charge in [0.05, 0.1) is 22.8 Å². The molecule has 0 bridgehead atoms. The summed E-state index contributed by atoms with van der Waals surface area (Å²) in [5.74, 6) is -1.34. The summed E-state index contributed by atoms with van der Waals surface area (Å²) in [5, 5.41) is 21.4. The van der Waals surface area contributed by atoms with Crippen LogP contribution in [-0.4, -0.2) is 70.1 Å². The molecule has 5 heterocycles. The second-order valence-electron chi connectivity index (χ2n) is 10.4. The van der Waals surface area contributed by atoms with Crippen molar-refractivity contribution < 1.29 is 27.9 Å². The normalized spacial score (nSPS) is 15.5. The molecule has 7 rings (SSSR count). The minimum Gasteiger partial charge on any atom is -0.475 e. The Hall–Kier alpha value is -4.39. The highest BCUT2D eigenvalue weighted by Gasteiger charge is 2.40. The van der Waals surface area contributed by atoms with Crippen molar-refractivity contribution in [3.63, 3.8) is 0 Å². The molecule has 1 amide bonds. The summed E-state index contributed by atoms with van der Waals surface area (Å²) in [7, 11) is 0. The molecular weight excluding hydrogens is 575 g/mol. The minimum absolute atomic E-state index is 0.226. The van der Waals surface area contributed by atoms with Crippen molar-refractivity contribution in [3.8, 4) is 11.4 Å². The van der Waals surface area contributed by atoms with E-state index in [4.69, 9.17) is 26.6 Å². The molecule has 2 aliphatic rings. The molecule has 0 atom stereocenters. The Morgan fingerprint density at radius 3 is 2.45 bits per heavy atom. The molecule has 10 nitrogen and oxygen atoms in total. The maximum Gasteiger partial charge on any atom is 0.490 e. The van der Waals surface area contributed by atoms with E-state index in [1.54, 1.807) is 0 Å².